The van der Waals surface area contributed by atoms with Gasteiger partial charge in [0, 0.05) is 25.4 Å². The number of likely N-dealkylation sites (tertiary alicyclic amines) is 1. The number of nitro benzene ring substituents is 1. The van der Waals surface area contributed by atoms with E-state index in [2.05, 4.69) is 4.98 Å². The van der Waals surface area contributed by atoms with Gasteiger partial charge in [0.25, 0.3) is 11.6 Å². The zero-order chi connectivity index (χ0) is 18.4. The molecule has 1 amide bonds. The molecule has 1 saturated carbocycles. The van der Waals surface area contributed by atoms with Crippen molar-refractivity contribution in [1.82, 2.24) is 9.88 Å². The maximum Gasteiger partial charge on any atom is 0.308 e. The fourth-order valence-corrected chi connectivity index (χ4v) is 3.92. The van der Waals surface area contributed by atoms with Gasteiger partial charge in [-0.05, 0) is 42.9 Å². The van der Waals surface area contributed by atoms with Crippen molar-refractivity contribution >= 4 is 28.5 Å². The Bertz CT molecular complexity index is 924. The summed E-state index contributed by atoms with van der Waals surface area (Å²) in [5.74, 6) is -1.39. The smallest absolute Gasteiger partial charge is 0.308 e. The largest absolute Gasteiger partial charge is 0.481 e. The first-order valence-electron chi connectivity index (χ1n) is 8.51. The lowest BCUT2D eigenvalue weighted by Crippen LogP contribution is -2.30. The van der Waals surface area contributed by atoms with E-state index in [0.717, 1.165) is 12.8 Å². The summed E-state index contributed by atoms with van der Waals surface area (Å²) in [7, 11) is 0. The summed E-state index contributed by atoms with van der Waals surface area (Å²) in [4.78, 5) is 41.0. The number of hydrogen-bond donors (Lipinski definition) is 1. The second-order valence-corrected chi connectivity index (χ2v) is 6.95. The van der Waals surface area contributed by atoms with E-state index < -0.39 is 16.8 Å². The summed E-state index contributed by atoms with van der Waals surface area (Å²) < 4.78 is 0. The molecule has 1 aromatic heterocycles. The van der Waals surface area contributed by atoms with Crippen molar-refractivity contribution in [2.45, 2.75) is 12.8 Å². The zero-order valence-corrected chi connectivity index (χ0v) is 13.9. The number of benzene rings is 1. The highest BCUT2D eigenvalue weighted by Crippen LogP contribution is 2.44. The second kappa shape index (κ2) is 6.05. The lowest BCUT2D eigenvalue weighted by molar-refractivity contribution is -0.383. The monoisotopic (exact) mass is 355 g/mol. The average Bonchev–Trinajstić information content (AvgIpc) is 3.37. The predicted octanol–water partition coefficient (Wildman–Crippen LogP) is 2.33. The zero-order valence-electron chi connectivity index (χ0n) is 13.9. The number of carboxylic acids is 1. The summed E-state index contributed by atoms with van der Waals surface area (Å²) in [6, 6.07) is 5.87. The van der Waals surface area contributed by atoms with E-state index in [0.29, 0.717) is 17.8 Å². The molecule has 1 aliphatic heterocycles. The first-order valence-corrected chi connectivity index (χ1v) is 8.51. The predicted molar refractivity (Wildman–Crippen MR) is 91.6 cm³/mol. The van der Waals surface area contributed by atoms with Gasteiger partial charge in [0.2, 0.25) is 0 Å². The van der Waals surface area contributed by atoms with E-state index in [4.69, 9.17) is 0 Å². The highest BCUT2D eigenvalue weighted by atomic mass is 16.6. The molecular weight excluding hydrogens is 338 g/mol. The lowest BCUT2D eigenvalue weighted by atomic mass is 9.92. The van der Waals surface area contributed by atoms with Crippen LogP contribution in [0.15, 0.2) is 30.5 Å². The number of carboxylic acid groups (broad SMARTS) is 1. The van der Waals surface area contributed by atoms with Crippen LogP contribution in [0.4, 0.5) is 5.69 Å². The van der Waals surface area contributed by atoms with Crippen LogP contribution in [0, 0.1) is 27.9 Å². The van der Waals surface area contributed by atoms with Crippen LogP contribution in [-0.4, -0.2) is 44.9 Å². The Morgan fingerprint density at radius 1 is 1.23 bits per heavy atom. The number of nitro groups is 1. The number of rotatable bonds is 4. The Hall–Kier alpha value is -3.03. The quantitative estimate of drug-likeness (QED) is 0.665. The van der Waals surface area contributed by atoms with Crippen LogP contribution < -0.4 is 0 Å². The van der Waals surface area contributed by atoms with Crippen molar-refractivity contribution in [3.63, 3.8) is 0 Å². The van der Waals surface area contributed by atoms with Crippen molar-refractivity contribution in [2.24, 2.45) is 17.8 Å². The van der Waals surface area contributed by atoms with Gasteiger partial charge in [-0.15, -0.1) is 0 Å². The van der Waals surface area contributed by atoms with Gasteiger partial charge in [-0.25, -0.2) is 0 Å². The van der Waals surface area contributed by atoms with Gasteiger partial charge < -0.3 is 10.0 Å². The van der Waals surface area contributed by atoms with Crippen LogP contribution in [0.25, 0.3) is 10.9 Å². The first-order chi connectivity index (χ1) is 12.5. The van der Waals surface area contributed by atoms with E-state index in [1.807, 2.05) is 0 Å². The van der Waals surface area contributed by atoms with Crippen LogP contribution in [0.3, 0.4) is 0 Å². The van der Waals surface area contributed by atoms with Gasteiger partial charge in [0.1, 0.15) is 0 Å². The lowest BCUT2D eigenvalue weighted by Gasteiger charge is -2.17. The molecule has 8 heteroatoms. The van der Waals surface area contributed by atoms with E-state index >= 15 is 0 Å². The molecule has 26 heavy (non-hydrogen) atoms. The minimum atomic E-state index is -0.871. The minimum absolute atomic E-state index is 0.0197. The SMILES string of the molecule is O=C(O)[C@H]1CN(C(=O)c2ccc([N+](=O)[O-])c3cccnc23)C[C@@H]1C1CC1. The Balaban J connectivity index is 1.70. The van der Waals surface area contributed by atoms with Crippen molar-refractivity contribution in [1.29, 1.82) is 0 Å². The molecular formula is C18H17N3O5. The molecule has 4 rings (SSSR count). The molecule has 8 nitrogen and oxygen atoms in total. The van der Waals surface area contributed by atoms with E-state index in [1.54, 1.807) is 17.0 Å². The Labute approximate surface area is 148 Å². The molecule has 0 radical (unpaired) electrons. The molecule has 0 spiro atoms. The molecule has 0 unspecified atom stereocenters. The van der Waals surface area contributed by atoms with Crippen LogP contribution in [-0.2, 0) is 4.79 Å². The van der Waals surface area contributed by atoms with E-state index in [-0.39, 0.29) is 35.1 Å². The molecule has 2 heterocycles. The van der Waals surface area contributed by atoms with Crippen molar-refractivity contribution in [3.8, 4) is 0 Å². The van der Waals surface area contributed by atoms with Gasteiger partial charge in [-0.2, -0.15) is 0 Å². The third kappa shape index (κ3) is 2.67. The summed E-state index contributed by atoms with van der Waals surface area (Å²) in [6.07, 6.45) is 3.51. The number of pyridine rings is 1. The number of nitrogens with zero attached hydrogens (tertiary/aromatic N) is 3. The van der Waals surface area contributed by atoms with Crippen LogP contribution in [0.1, 0.15) is 23.2 Å². The molecule has 1 aliphatic carbocycles. The maximum absolute atomic E-state index is 13.0. The molecule has 2 aliphatic rings. The molecule has 0 bridgehead atoms. The number of carbonyl (C=O) groups excluding carboxylic acids is 1. The molecule has 134 valence electrons. The number of non-ortho nitro benzene ring substituents is 1. The Morgan fingerprint density at radius 3 is 2.65 bits per heavy atom. The molecule has 1 N–H and O–H groups in total. The minimum Gasteiger partial charge on any atom is -0.481 e. The first kappa shape index (κ1) is 16.4. The average molecular weight is 355 g/mol. The summed E-state index contributed by atoms with van der Waals surface area (Å²) in [5.41, 5.74) is 0.436. The van der Waals surface area contributed by atoms with Crippen LogP contribution in [0.5, 0.6) is 0 Å². The van der Waals surface area contributed by atoms with Gasteiger partial charge >= 0.3 is 5.97 Å². The second-order valence-electron chi connectivity index (χ2n) is 6.95. The van der Waals surface area contributed by atoms with Crippen molar-refractivity contribution < 1.29 is 19.6 Å². The summed E-state index contributed by atoms with van der Waals surface area (Å²) in [6.45, 7) is 0.576. The standard InChI is InChI=1S/C18H17N3O5/c22-17(20-8-13(10-3-4-10)14(9-20)18(23)24)12-5-6-15(21(25)26)11-2-1-7-19-16(11)12/h1-2,5-7,10,13-14H,3-4,8-9H2,(H,23,24)/t13-,14+/m1/s1. The number of hydrogen-bond acceptors (Lipinski definition) is 5. The van der Waals surface area contributed by atoms with Crippen LogP contribution >= 0.6 is 0 Å². The van der Waals surface area contributed by atoms with Gasteiger partial charge in [-0.1, -0.05) is 0 Å². The van der Waals surface area contributed by atoms with E-state index in [1.165, 1.54) is 18.3 Å². The third-order valence-corrected chi connectivity index (χ3v) is 5.37. The maximum atomic E-state index is 13.0. The molecule has 2 fully saturated rings. The number of aliphatic carboxylic acids is 1. The normalized spacial score (nSPS) is 22.5. The number of amides is 1. The van der Waals surface area contributed by atoms with Crippen molar-refractivity contribution in [3.05, 3.63) is 46.1 Å². The third-order valence-electron chi connectivity index (χ3n) is 5.37. The van der Waals surface area contributed by atoms with Gasteiger partial charge in [0.15, 0.2) is 0 Å². The van der Waals surface area contributed by atoms with Crippen molar-refractivity contribution in [2.75, 3.05) is 13.1 Å². The number of aromatic nitrogens is 1. The van der Waals surface area contributed by atoms with Crippen LogP contribution in [0.2, 0.25) is 0 Å². The number of carbonyl (C=O) groups is 2. The Kier molecular flexibility index (Phi) is 3.82. The highest BCUT2D eigenvalue weighted by molar-refractivity contribution is 6.07. The highest BCUT2D eigenvalue weighted by Gasteiger charge is 2.47. The van der Waals surface area contributed by atoms with Gasteiger partial charge in [-0.3, -0.25) is 24.7 Å². The fraction of sp³-hybridized carbons (Fsp3) is 0.389. The summed E-state index contributed by atoms with van der Waals surface area (Å²) in [5, 5.41) is 21.0. The fourth-order valence-electron chi connectivity index (χ4n) is 3.92. The molecule has 1 aromatic carbocycles. The molecule has 2 aromatic rings. The Morgan fingerprint density at radius 2 is 2.00 bits per heavy atom. The topological polar surface area (TPSA) is 114 Å². The molecule has 2 atom stereocenters. The number of fused-ring (bicyclic) bond motifs is 1. The van der Waals surface area contributed by atoms with E-state index in [9.17, 15) is 24.8 Å². The van der Waals surface area contributed by atoms with Gasteiger partial charge in [0.05, 0.1) is 27.3 Å². The summed E-state index contributed by atoms with van der Waals surface area (Å²) >= 11 is 0. The molecule has 1 saturated heterocycles.